The van der Waals surface area contributed by atoms with E-state index < -0.39 is 11.7 Å². The van der Waals surface area contributed by atoms with Gasteiger partial charge in [0.25, 0.3) is 0 Å². The van der Waals surface area contributed by atoms with Gasteiger partial charge in [0.2, 0.25) is 0 Å². The van der Waals surface area contributed by atoms with Gasteiger partial charge >= 0.3 is 6.09 Å². The summed E-state index contributed by atoms with van der Waals surface area (Å²) in [5.74, 6) is 1.17. The normalized spacial score (nSPS) is 12.9. The highest BCUT2D eigenvalue weighted by Crippen LogP contribution is 2.35. The van der Waals surface area contributed by atoms with Crippen molar-refractivity contribution in [2.75, 3.05) is 5.73 Å². The van der Waals surface area contributed by atoms with Gasteiger partial charge in [-0.1, -0.05) is 6.92 Å². The molecule has 7 nitrogen and oxygen atoms in total. The van der Waals surface area contributed by atoms with E-state index in [1.54, 1.807) is 26.0 Å². The zero-order valence-electron chi connectivity index (χ0n) is 12.5. The van der Waals surface area contributed by atoms with Gasteiger partial charge in [-0.25, -0.2) is 14.8 Å². The molecule has 22 heavy (non-hydrogen) atoms. The minimum Gasteiger partial charge on any atom is -0.459 e. The van der Waals surface area contributed by atoms with Crippen LogP contribution in [0.5, 0.6) is 0 Å². The number of primary amides is 1. The summed E-state index contributed by atoms with van der Waals surface area (Å²) in [6.45, 7) is 5.40. The van der Waals surface area contributed by atoms with Gasteiger partial charge in [0.15, 0.2) is 11.6 Å². The highest BCUT2D eigenvalue weighted by Gasteiger charge is 2.33. The number of nitrogens with two attached hydrogens (primary N) is 2. The first kappa shape index (κ1) is 16.3. The summed E-state index contributed by atoms with van der Waals surface area (Å²) in [4.78, 5) is 19.3. The van der Waals surface area contributed by atoms with E-state index in [0.717, 1.165) is 0 Å². The Morgan fingerprint density at radius 1 is 1.45 bits per heavy atom. The van der Waals surface area contributed by atoms with Crippen LogP contribution >= 0.6 is 15.9 Å². The summed E-state index contributed by atoms with van der Waals surface area (Å²) < 4.78 is 11.5. The SMILES string of the molecule is CC(c1ccc(-c2nc(Br)cnc2N)o1)C(C)(C)OC(N)=O. The lowest BCUT2D eigenvalue weighted by Crippen LogP contribution is -2.35. The zero-order valence-corrected chi connectivity index (χ0v) is 14.0. The molecule has 8 heteroatoms. The smallest absolute Gasteiger partial charge is 0.405 e. The molecule has 2 rings (SSSR count). The highest BCUT2D eigenvalue weighted by atomic mass is 79.9. The van der Waals surface area contributed by atoms with Crippen LogP contribution in [0.2, 0.25) is 0 Å². The molecule has 0 aliphatic rings. The predicted molar refractivity (Wildman–Crippen MR) is 85.0 cm³/mol. The molecule has 4 N–H and O–H groups in total. The number of carbonyl (C=O) groups excluding carboxylic acids is 1. The van der Waals surface area contributed by atoms with Crippen LogP contribution in [0.4, 0.5) is 10.6 Å². The highest BCUT2D eigenvalue weighted by molar-refractivity contribution is 9.10. The lowest BCUT2D eigenvalue weighted by atomic mass is 9.90. The molecule has 2 heterocycles. The van der Waals surface area contributed by atoms with Crippen LogP contribution < -0.4 is 11.5 Å². The van der Waals surface area contributed by atoms with Crippen LogP contribution in [0.15, 0.2) is 27.3 Å². The Morgan fingerprint density at radius 3 is 2.77 bits per heavy atom. The second-order valence-corrected chi connectivity index (χ2v) is 6.19. The first-order chi connectivity index (χ1) is 10.2. The molecule has 0 saturated heterocycles. The van der Waals surface area contributed by atoms with Crippen molar-refractivity contribution >= 4 is 27.8 Å². The number of nitrogens with zero attached hydrogens (tertiary/aromatic N) is 2. The topological polar surface area (TPSA) is 117 Å². The molecular formula is C14H17BrN4O3. The first-order valence-corrected chi connectivity index (χ1v) is 7.36. The number of hydrogen-bond donors (Lipinski definition) is 2. The lowest BCUT2D eigenvalue weighted by molar-refractivity contribution is 0.0233. The van der Waals surface area contributed by atoms with Crippen molar-refractivity contribution in [3.05, 3.63) is 28.7 Å². The van der Waals surface area contributed by atoms with E-state index in [1.807, 2.05) is 6.92 Å². The molecule has 0 bridgehead atoms. The number of ether oxygens (including phenoxy) is 1. The molecule has 0 spiro atoms. The van der Waals surface area contributed by atoms with E-state index in [-0.39, 0.29) is 11.7 Å². The Bertz CT molecular complexity index is 699. The van der Waals surface area contributed by atoms with E-state index in [9.17, 15) is 4.79 Å². The molecule has 1 amide bonds. The monoisotopic (exact) mass is 368 g/mol. The Morgan fingerprint density at radius 2 is 2.14 bits per heavy atom. The van der Waals surface area contributed by atoms with Crippen molar-refractivity contribution in [2.24, 2.45) is 5.73 Å². The number of hydrogen-bond acceptors (Lipinski definition) is 6. The van der Waals surface area contributed by atoms with Crippen LogP contribution in [-0.2, 0) is 4.74 Å². The predicted octanol–water partition coefficient (Wildman–Crippen LogP) is 3.06. The Balaban J connectivity index is 2.31. The summed E-state index contributed by atoms with van der Waals surface area (Å²) in [7, 11) is 0. The summed E-state index contributed by atoms with van der Waals surface area (Å²) in [6, 6.07) is 3.53. The Hall–Kier alpha value is -2.09. The number of aromatic nitrogens is 2. The quantitative estimate of drug-likeness (QED) is 0.855. The number of halogens is 1. The van der Waals surface area contributed by atoms with E-state index in [2.05, 4.69) is 25.9 Å². The fourth-order valence-corrected chi connectivity index (χ4v) is 2.24. The van der Waals surface area contributed by atoms with Crippen LogP contribution in [0.3, 0.4) is 0 Å². The molecule has 1 unspecified atom stereocenters. The average Bonchev–Trinajstić information content (AvgIpc) is 2.88. The van der Waals surface area contributed by atoms with Crippen molar-refractivity contribution in [1.29, 1.82) is 0 Å². The second-order valence-electron chi connectivity index (χ2n) is 5.37. The van der Waals surface area contributed by atoms with Crippen LogP contribution in [-0.4, -0.2) is 21.7 Å². The van der Waals surface area contributed by atoms with Crippen molar-refractivity contribution in [3.63, 3.8) is 0 Å². The average molecular weight is 369 g/mol. The zero-order chi connectivity index (χ0) is 16.5. The van der Waals surface area contributed by atoms with Crippen LogP contribution in [0, 0.1) is 0 Å². The van der Waals surface area contributed by atoms with Gasteiger partial charge in [-0.2, -0.15) is 0 Å². The number of amides is 1. The maximum atomic E-state index is 11.0. The third-order valence-corrected chi connectivity index (χ3v) is 3.85. The first-order valence-electron chi connectivity index (χ1n) is 6.57. The summed E-state index contributed by atoms with van der Waals surface area (Å²) in [5, 5.41) is 0. The lowest BCUT2D eigenvalue weighted by Gasteiger charge is -2.29. The van der Waals surface area contributed by atoms with Crippen molar-refractivity contribution in [1.82, 2.24) is 9.97 Å². The molecule has 2 aromatic rings. The number of furan rings is 1. The Kier molecular flexibility index (Phi) is 4.41. The third-order valence-electron chi connectivity index (χ3n) is 3.46. The molecule has 0 saturated carbocycles. The summed E-state index contributed by atoms with van der Waals surface area (Å²) in [6.07, 6.45) is 0.681. The van der Waals surface area contributed by atoms with Crippen LogP contribution in [0.25, 0.3) is 11.5 Å². The van der Waals surface area contributed by atoms with Gasteiger partial charge < -0.3 is 20.6 Å². The summed E-state index contributed by atoms with van der Waals surface area (Å²) >= 11 is 3.25. The molecule has 1 atom stereocenters. The second kappa shape index (κ2) is 5.96. The maximum Gasteiger partial charge on any atom is 0.405 e. The van der Waals surface area contributed by atoms with Crippen molar-refractivity contribution in [2.45, 2.75) is 32.3 Å². The molecule has 2 aromatic heterocycles. The number of anilines is 1. The van der Waals surface area contributed by atoms with E-state index >= 15 is 0 Å². The number of carbonyl (C=O) groups is 1. The molecular weight excluding hydrogens is 352 g/mol. The Labute approximate surface area is 136 Å². The molecule has 0 radical (unpaired) electrons. The molecule has 0 aliphatic carbocycles. The van der Waals surface area contributed by atoms with E-state index in [1.165, 1.54) is 6.20 Å². The number of rotatable bonds is 4. The third kappa shape index (κ3) is 3.38. The van der Waals surface area contributed by atoms with Gasteiger partial charge in [0, 0.05) is 0 Å². The van der Waals surface area contributed by atoms with Gasteiger partial charge in [-0.3, -0.25) is 0 Å². The van der Waals surface area contributed by atoms with Gasteiger partial charge in [-0.15, -0.1) is 0 Å². The van der Waals surface area contributed by atoms with E-state index in [0.29, 0.717) is 21.8 Å². The van der Waals surface area contributed by atoms with E-state index in [4.69, 9.17) is 20.6 Å². The molecule has 0 aromatic carbocycles. The van der Waals surface area contributed by atoms with Gasteiger partial charge in [0.1, 0.15) is 21.7 Å². The van der Waals surface area contributed by atoms with Crippen molar-refractivity contribution < 1.29 is 13.9 Å². The summed E-state index contributed by atoms with van der Waals surface area (Å²) in [5.41, 5.74) is 10.5. The fraction of sp³-hybridized carbons (Fsp3) is 0.357. The largest absolute Gasteiger partial charge is 0.459 e. The fourth-order valence-electron chi connectivity index (χ4n) is 1.96. The van der Waals surface area contributed by atoms with Crippen LogP contribution in [0.1, 0.15) is 32.4 Å². The molecule has 118 valence electrons. The molecule has 0 fully saturated rings. The molecule has 0 aliphatic heterocycles. The van der Waals surface area contributed by atoms with Gasteiger partial charge in [0.05, 0.1) is 12.1 Å². The number of nitrogen functional groups attached to an aromatic ring is 1. The maximum absolute atomic E-state index is 11.0. The minimum absolute atomic E-state index is 0.213. The van der Waals surface area contributed by atoms with Gasteiger partial charge in [-0.05, 0) is 41.9 Å². The van der Waals surface area contributed by atoms with Crippen molar-refractivity contribution in [3.8, 4) is 11.5 Å². The standard InChI is InChI=1S/C14H17BrN4O3/c1-7(14(2,3)22-13(17)20)8-4-5-9(21-8)11-12(16)18-6-10(15)19-11/h4-7H,1-3H3,(H2,16,18)(H2,17,20). The minimum atomic E-state index is -0.828.